The molecule has 0 aliphatic carbocycles. The van der Waals surface area contributed by atoms with Crippen molar-refractivity contribution in [2.24, 2.45) is 11.5 Å². The van der Waals surface area contributed by atoms with Crippen molar-refractivity contribution in [2.45, 2.75) is 25.4 Å². The summed E-state index contributed by atoms with van der Waals surface area (Å²) in [6, 6.07) is 3.79. The van der Waals surface area contributed by atoms with Crippen LogP contribution in [-0.2, 0) is 16.1 Å². The second kappa shape index (κ2) is 11.5. The number of benzene rings is 1. The van der Waals surface area contributed by atoms with E-state index in [9.17, 15) is 14.4 Å². The molecule has 1 aromatic rings. The standard InChI is InChI=1S/C8H8Cl2N2O.C6H12N2O3/c9-6-1-5(2-7(10)3-6)4-12-8(11)13;1-8-4(6(10)11)2-3-5(7)9/h1-3H,4H2,(H3,11,12,13);4,8H,2-3H2,1H3,(H2,7,9)(H,10,11)/t;4-/m.1/s1. The van der Waals surface area contributed by atoms with E-state index in [0.717, 1.165) is 5.56 Å². The zero-order valence-corrected chi connectivity index (χ0v) is 14.5. The van der Waals surface area contributed by atoms with E-state index in [1.54, 1.807) is 18.2 Å². The van der Waals surface area contributed by atoms with Gasteiger partial charge in [-0.05, 0) is 37.2 Å². The summed E-state index contributed by atoms with van der Waals surface area (Å²) in [6.07, 6.45) is 0.332. The molecule has 0 aromatic heterocycles. The number of halogens is 2. The van der Waals surface area contributed by atoms with Crippen molar-refractivity contribution in [3.05, 3.63) is 33.8 Å². The Hall–Kier alpha value is -2.03. The summed E-state index contributed by atoms with van der Waals surface area (Å²) in [5.41, 5.74) is 10.6. The fourth-order valence-corrected chi connectivity index (χ4v) is 2.15. The summed E-state index contributed by atoms with van der Waals surface area (Å²) in [5.74, 6) is -1.44. The first-order valence-electron chi connectivity index (χ1n) is 6.82. The highest BCUT2D eigenvalue weighted by atomic mass is 35.5. The van der Waals surface area contributed by atoms with Crippen LogP contribution in [0.4, 0.5) is 4.79 Å². The number of likely N-dealkylation sites (N-methyl/N-ethyl adjacent to an activating group) is 1. The van der Waals surface area contributed by atoms with Crippen molar-refractivity contribution in [1.82, 2.24) is 10.6 Å². The second-order valence-electron chi connectivity index (χ2n) is 4.68. The SMILES string of the molecule is CN[C@H](CCC(N)=O)C(=O)O.NC(=O)NCc1cc(Cl)cc(Cl)c1. The highest BCUT2D eigenvalue weighted by Crippen LogP contribution is 2.18. The molecule has 0 radical (unpaired) electrons. The number of nitrogens with one attached hydrogen (secondary N) is 2. The molecule has 0 heterocycles. The summed E-state index contributed by atoms with van der Waals surface area (Å²) < 4.78 is 0. The largest absolute Gasteiger partial charge is 0.480 e. The minimum Gasteiger partial charge on any atom is -0.480 e. The van der Waals surface area contributed by atoms with Crippen LogP contribution in [-0.4, -0.2) is 36.1 Å². The maximum atomic E-state index is 10.4. The minimum atomic E-state index is -0.964. The van der Waals surface area contributed by atoms with Crippen LogP contribution >= 0.6 is 23.2 Å². The molecule has 0 bridgehead atoms. The molecule has 1 aromatic carbocycles. The number of carboxylic acid groups (broad SMARTS) is 1. The molecule has 0 spiro atoms. The zero-order valence-electron chi connectivity index (χ0n) is 13.0. The van der Waals surface area contributed by atoms with Gasteiger partial charge in [-0.15, -0.1) is 0 Å². The molecule has 0 unspecified atom stereocenters. The molecule has 3 amide bonds. The van der Waals surface area contributed by atoms with Crippen LogP contribution < -0.4 is 22.1 Å². The number of rotatable bonds is 7. The Kier molecular flexibility index (Phi) is 10.5. The number of nitrogens with two attached hydrogens (primary N) is 2. The van der Waals surface area contributed by atoms with Crippen LogP contribution in [0.2, 0.25) is 10.0 Å². The first-order valence-corrected chi connectivity index (χ1v) is 7.58. The van der Waals surface area contributed by atoms with Gasteiger partial charge >= 0.3 is 12.0 Å². The summed E-state index contributed by atoms with van der Waals surface area (Å²) in [4.78, 5) is 31.0. The van der Waals surface area contributed by atoms with Gasteiger partial charge in [0.2, 0.25) is 5.91 Å². The molecule has 0 aliphatic rings. The Morgan fingerprint density at radius 2 is 1.71 bits per heavy atom. The van der Waals surface area contributed by atoms with Gasteiger partial charge < -0.3 is 27.2 Å². The predicted molar refractivity (Wildman–Crippen MR) is 91.8 cm³/mol. The van der Waals surface area contributed by atoms with Crippen LogP contribution in [0.15, 0.2) is 18.2 Å². The van der Waals surface area contributed by atoms with E-state index < -0.39 is 23.9 Å². The summed E-state index contributed by atoms with van der Waals surface area (Å²) in [6.45, 7) is 0.329. The van der Waals surface area contributed by atoms with Crippen molar-refractivity contribution in [3.63, 3.8) is 0 Å². The molecule has 24 heavy (non-hydrogen) atoms. The Labute approximate surface area is 149 Å². The lowest BCUT2D eigenvalue weighted by Crippen LogP contribution is -2.34. The van der Waals surface area contributed by atoms with Crippen molar-refractivity contribution in [1.29, 1.82) is 0 Å². The topological polar surface area (TPSA) is 148 Å². The van der Waals surface area contributed by atoms with E-state index in [4.69, 9.17) is 39.8 Å². The smallest absolute Gasteiger partial charge is 0.320 e. The number of amides is 3. The van der Waals surface area contributed by atoms with E-state index in [2.05, 4.69) is 10.6 Å². The quantitative estimate of drug-likeness (QED) is 0.481. The van der Waals surface area contributed by atoms with Crippen molar-refractivity contribution in [2.75, 3.05) is 7.05 Å². The number of carbonyl (C=O) groups is 3. The van der Waals surface area contributed by atoms with Crippen LogP contribution in [0.3, 0.4) is 0 Å². The first kappa shape index (κ1) is 22.0. The highest BCUT2D eigenvalue weighted by Gasteiger charge is 2.14. The predicted octanol–water partition coefficient (Wildman–Crippen LogP) is 1.09. The average Bonchev–Trinajstić information content (AvgIpc) is 2.45. The van der Waals surface area contributed by atoms with Gasteiger partial charge in [-0.1, -0.05) is 23.2 Å². The molecule has 134 valence electrons. The number of carbonyl (C=O) groups excluding carboxylic acids is 2. The molecule has 10 heteroatoms. The van der Waals surface area contributed by atoms with E-state index in [-0.39, 0.29) is 12.8 Å². The molecule has 1 rings (SSSR count). The molecule has 8 nitrogen and oxygen atoms in total. The Balaban J connectivity index is 0.000000449. The van der Waals surface area contributed by atoms with Crippen molar-refractivity contribution in [3.8, 4) is 0 Å². The molecular weight excluding hydrogens is 359 g/mol. The monoisotopic (exact) mass is 378 g/mol. The maximum Gasteiger partial charge on any atom is 0.320 e. The third-order valence-electron chi connectivity index (χ3n) is 2.72. The van der Waals surface area contributed by atoms with Gasteiger partial charge in [-0.25, -0.2) is 4.79 Å². The Morgan fingerprint density at radius 3 is 2.08 bits per heavy atom. The molecule has 0 aliphatic heterocycles. The maximum absolute atomic E-state index is 10.4. The van der Waals surface area contributed by atoms with E-state index in [0.29, 0.717) is 16.6 Å². The number of hydrogen-bond donors (Lipinski definition) is 5. The zero-order chi connectivity index (χ0) is 18.7. The lowest BCUT2D eigenvalue weighted by atomic mass is 10.1. The van der Waals surface area contributed by atoms with Gasteiger partial charge in [0, 0.05) is 23.0 Å². The van der Waals surface area contributed by atoms with Gasteiger partial charge in [-0.3, -0.25) is 9.59 Å². The van der Waals surface area contributed by atoms with Crippen molar-refractivity contribution < 1.29 is 19.5 Å². The van der Waals surface area contributed by atoms with Crippen molar-refractivity contribution >= 4 is 41.1 Å². The summed E-state index contributed by atoms with van der Waals surface area (Å²) in [7, 11) is 1.53. The van der Waals surface area contributed by atoms with Gasteiger partial charge in [-0.2, -0.15) is 0 Å². The highest BCUT2D eigenvalue weighted by molar-refractivity contribution is 6.34. The fraction of sp³-hybridized carbons (Fsp3) is 0.357. The third kappa shape index (κ3) is 10.7. The minimum absolute atomic E-state index is 0.0950. The third-order valence-corrected chi connectivity index (χ3v) is 3.15. The van der Waals surface area contributed by atoms with Crippen LogP contribution in [0, 0.1) is 0 Å². The van der Waals surface area contributed by atoms with Gasteiger partial charge in [0.1, 0.15) is 6.04 Å². The van der Waals surface area contributed by atoms with E-state index >= 15 is 0 Å². The average molecular weight is 379 g/mol. The fourth-order valence-electron chi connectivity index (χ4n) is 1.58. The summed E-state index contributed by atoms with van der Waals surface area (Å²) in [5, 5.41) is 14.5. The number of carboxylic acids is 1. The van der Waals surface area contributed by atoms with E-state index in [1.165, 1.54) is 7.05 Å². The normalized spacial score (nSPS) is 11.0. The van der Waals surface area contributed by atoms with Crippen LogP contribution in [0.25, 0.3) is 0 Å². The molecule has 0 saturated carbocycles. The number of urea groups is 1. The molecular formula is C14H20Cl2N4O4. The summed E-state index contributed by atoms with van der Waals surface area (Å²) >= 11 is 11.5. The molecule has 1 atom stereocenters. The van der Waals surface area contributed by atoms with Gasteiger partial charge in [0.05, 0.1) is 0 Å². The second-order valence-corrected chi connectivity index (χ2v) is 5.55. The number of aliphatic carboxylic acids is 1. The van der Waals surface area contributed by atoms with Gasteiger partial charge in [0.25, 0.3) is 0 Å². The van der Waals surface area contributed by atoms with Gasteiger partial charge in [0.15, 0.2) is 0 Å². The molecule has 7 N–H and O–H groups in total. The molecule has 0 fully saturated rings. The first-order chi connectivity index (χ1) is 11.1. The lowest BCUT2D eigenvalue weighted by molar-refractivity contribution is -0.139. The number of primary amides is 2. The van der Waals surface area contributed by atoms with Crippen LogP contribution in [0.1, 0.15) is 18.4 Å². The Morgan fingerprint density at radius 1 is 1.17 bits per heavy atom. The molecule has 0 saturated heterocycles. The number of hydrogen-bond acceptors (Lipinski definition) is 4. The van der Waals surface area contributed by atoms with E-state index in [1.807, 2.05) is 0 Å². The lowest BCUT2D eigenvalue weighted by Gasteiger charge is -2.08. The van der Waals surface area contributed by atoms with Crippen LogP contribution in [0.5, 0.6) is 0 Å². The Bertz CT molecular complexity index is 564.